The summed E-state index contributed by atoms with van der Waals surface area (Å²) in [6.07, 6.45) is 0. The number of nitriles is 1. The number of rotatable bonds is 4. The van der Waals surface area contributed by atoms with Gasteiger partial charge in [0.15, 0.2) is 0 Å². The van der Waals surface area contributed by atoms with E-state index in [1.165, 1.54) is 0 Å². The Labute approximate surface area is 119 Å². The van der Waals surface area contributed by atoms with Crippen molar-refractivity contribution >= 4 is 0 Å². The van der Waals surface area contributed by atoms with E-state index in [-0.39, 0.29) is 0 Å². The Bertz CT molecular complexity index is 642. The summed E-state index contributed by atoms with van der Waals surface area (Å²) in [5, 5.41) is 9.17. The van der Waals surface area contributed by atoms with Crippen LogP contribution in [0.4, 0.5) is 0 Å². The second-order valence-corrected chi connectivity index (χ2v) is 4.77. The molecule has 0 fully saturated rings. The van der Waals surface area contributed by atoms with Crippen molar-refractivity contribution in [2.75, 3.05) is 7.11 Å². The highest BCUT2D eigenvalue weighted by atomic mass is 16.5. The van der Waals surface area contributed by atoms with Gasteiger partial charge in [0.2, 0.25) is 0 Å². The van der Waals surface area contributed by atoms with Gasteiger partial charge >= 0.3 is 0 Å². The first kappa shape index (κ1) is 14.0. The topological polar surface area (TPSA) is 42.2 Å². The van der Waals surface area contributed by atoms with Gasteiger partial charge in [-0.1, -0.05) is 32.0 Å². The van der Waals surface area contributed by atoms with Gasteiger partial charge in [-0.3, -0.25) is 0 Å². The maximum Gasteiger partial charge on any atom is 0.148 e. The normalized spacial score (nSPS) is 10.2. The van der Waals surface area contributed by atoms with Crippen LogP contribution in [0, 0.1) is 11.3 Å². The number of benzene rings is 2. The Morgan fingerprint density at radius 1 is 1.05 bits per heavy atom. The number of nitrogens with zero attached hydrogens (tertiary/aromatic N) is 1. The lowest BCUT2D eigenvalue weighted by molar-refractivity contribution is 0.408. The number of hydrogen-bond donors (Lipinski definition) is 0. The van der Waals surface area contributed by atoms with Crippen molar-refractivity contribution in [2.24, 2.45) is 0 Å². The average Bonchev–Trinajstić information content (AvgIpc) is 2.47. The van der Waals surface area contributed by atoms with Crippen LogP contribution >= 0.6 is 0 Å². The van der Waals surface area contributed by atoms with E-state index in [4.69, 9.17) is 14.7 Å². The minimum atomic E-state index is 0.349. The monoisotopic (exact) mass is 267 g/mol. The highest BCUT2D eigenvalue weighted by Gasteiger charge is 2.11. The molecule has 0 saturated carbocycles. The van der Waals surface area contributed by atoms with Gasteiger partial charge in [-0.2, -0.15) is 5.26 Å². The van der Waals surface area contributed by atoms with Gasteiger partial charge < -0.3 is 9.47 Å². The summed E-state index contributed by atoms with van der Waals surface area (Å²) in [5.41, 5.74) is 1.60. The van der Waals surface area contributed by atoms with Gasteiger partial charge in [-0.25, -0.2) is 0 Å². The third kappa shape index (κ3) is 2.92. The second-order valence-electron chi connectivity index (χ2n) is 4.77. The molecule has 2 rings (SSSR count). The Morgan fingerprint density at radius 2 is 1.80 bits per heavy atom. The van der Waals surface area contributed by atoms with Crippen LogP contribution in [-0.2, 0) is 0 Å². The van der Waals surface area contributed by atoms with Crippen LogP contribution in [0.2, 0.25) is 0 Å². The van der Waals surface area contributed by atoms with Crippen LogP contribution in [0.1, 0.15) is 30.9 Å². The fourth-order valence-corrected chi connectivity index (χ4v) is 1.98. The molecule has 0 saturated heterocycles. The molecule has 0 unspecified atom stereocenters. The van der Waals surface area contributed by atoms with E-state index < -0.39 is 0 Å². The first-order chi connectivity index (χ1) is 9.65. The lowest BCUT2D eigenvalue weighted by Gasteiger charge is -2.14. The zero-order chi connectivity index (χ0) is 14.5. The van der Waals surface area contributed by atoms with Crippen molar-refractivity contribution in [2.45, 2.75) is 19.8 Å². The van der Waals surface area contributed by atoms with Crippen molar-refractivity contribution in [1.29, 1.82) is 5.26 Å². The van der Waals surface area contributed by atoms with Gasteiger partial charge in [0.25, 0.3) is 0 Å². The lowest BCUT2D eigenvalue weighted by atomic mass is 10.0. The van der Waals surface area contributed by atoms with Crippen molar-refractivity contribution < 1.29 is 9.47 Å². The maximum absolute atomic E-state index is 9.17. The molecular formula is C17H17NO2. The molecule has 0 aliphatic heterocycles. The fourth-order valence-electron chi connectivity index (χ4n) is 1.98. The Hall–Kier alpha value is -2.47. The summed E-state index contributed by atoms with van der Waals surface area (Å²) in [7, 11) is 1.59. The molecule has 2 aromatic carbocycles. The molecule has 0 aliphatic rings. The van der Waals surface area contributed by atoms with Crippen molar-refractivity contribution in [3.63, 3.8) is 0 Å². The third-order valence-electron chi connectivity index (χ3n) is 3.07. The molecule has 102 valence electrons. The van der Waals surface area contributed by atoms with Gasteiger partial charge in [-0.15, -0.1) is 0 Å². The zero-order valence-corrected chi connectivity index (χ0v) is 11.9. The molecule has 0 spiro atoms. The smallest absolute Gasteiger partial charge is 0.148 e. The first-order valence-corrected chi connectivity index (χ1v) is 6.50. The molecular weight excluding hydrogens is 250 g/mol. The Morgan fingerprint density at radius 3 is 2.45 bits per heavy atom. The van der Waals surface area contributed by atoms with Crippen molar-refractivity contribution in [3.8, 4) is 23.3 Å². The van der Waals surface area contributed by atoms with Crippen molar-refractivity contribution in [3.05, 3.63) is 53.6 Å². The second kappa shape index (κ2) is 6.12. The average molecular weight is 267 g/mol. The molecule has 0 aliphatic carbocycles. The zero-order valence-electron chi connectivity index (χ0n) is 11.9. The van der Waals surface area contributed by atoms with Crippen LogP contribution in [0.3, 0.4) is 0 Å². The summed E-state index contributed by atoms with van der Waals surface area (Å²) in [6, 6.07) is 15.2. The predicted octanol–water partition coefficient (Wildman–Crippen LogP) is 4.48. The molecule has 20 heavy (non-hydrogen) atoms. The third-order valence-corrected chi connectivity index (χ3v) is 3.07. The first-order valence-electron chi connectivity index (χ1n) is 6.50. The highest BCUT2D eigenvalue weighted by Crippen LogP contribution is 2.33. The summed E-state index contributed by atoms with van der Waals surface area (Å²) in [5.74, 6) is 2.30. The number of para-hydroxylation sites is 1. The molecule has 2 aromatic rings. The molecule has 0 atom stereocenters. The fraction of sp³-hybridized carbons (Fsp3) is 0.235. The van der Waals surface area contributed by atoms with Crippen LogP contribution < -0.4 is 9.47 Å². The van der Waals surface area contributed by atoms with Crippen LogP contribution in [0.5, 0.6) is 17.2 Å². The van der Waals surface area contributed by atoms with E-state index >= 15 is 0 Å². The molecule has 0 aromatic heterocycles. The Balaban J connectivity index is 2.42. The van der Waals surface area contributed by atoms with E-state index in [0.29, 0.717) is 23.0 Å². The molecule has 0 N–H and O–H groups in total. The van der Waals surface area contributed by atoms with E-state index in [1.807, 2.05) is 24.3 Å². The minimum Gasteiger partial charge on any atom is -0.497 e. The van der Waals surface area contributed by atoms with Crippen LogP contribution in [0.15, 0.2) is 42.5 Å². The highest BCUT2D eigenvalue weighted by molar-refractivity contribution is 5.50. The molecule has 3 heteroatoms. The molecule has 3 nitrogen and oxygen atoms in total. The van der Waals surface area contributed by atoms with Crippen LogP contribution in [0.25, 0.3) is 0 Å². The largest absolute Gasteiger partial charge is 0.497 e. The number of ether oxygens (including phenoxy) is 2. The number of hydrogen-bond acceptors (Lipinski definition) is 3. The summed E-state index contributed by atoms with van der Waals surface area (Å²) in [4.78, 5) is 0. The molecule has 0 bridgehead atoms. The lowest BCUT2D eigenvalue weighted by Crippen LogP contribution is -1.95. The van der Waals surface area contributed by atoms with E-state index in [2.05, 4.69) is 19.9 Å². The quantitative estimate of drug-likeness (QED) is 0.820. The van der Waals surface area contributed by atoms with E-state index in [9.17, 15) is 0 Å². The van der Waals surface area contributed by atoms with Gasteiger partial charge in [-0.05, 0) is 29.7 Å². The Kier molecular flexibility index (Phi) is 4.27. The SMILES string of the molecule is COc1ccc(C#N)c(Oc2ccccc2C(C)C)c1. The van der Waals surface area contributed by atoms with Crippen LogP contribution in [-0.4, -0.2) is 7.11 Å². The molecule has 0 heterocycles. The summed E-state index contributed by atoms with van der Waals surface area (Å²) >= 11 is 0. The standard InChI is InChI=1S/C17H17NO2/c1-12(2)15-6-4-5-7-16(15)20-17-10-14(19-3)9-8-13(17)11-18/h4-10,12H,1-3H3. The minimum absolute atomic E-state index is 0.349. The van der Waals surface area contributed by atoms with Gasteiger partial charge in [0.1, 0.15) is 23.3 Å². The summed E-state index contributed by atoms with van der Waals surface area (Å²) < 4.78 is 11.1. The van der Waals surface area contributed by atoms with E-state index in [0.717, 1.165) is 11.3 Å². The van der Waals surface area contributed by atoms with Gasteiger partial charge in [0, 0.05) is 6.07 Å². The van der Waals surface area contributed by atoms with Crippen molar-refractivity contribution in [1.82, 2.24) is 0 Å². The number of methoxy groups -OCH3 is 1. The summed E-state index contributed by atoms with van der Waals surface area (Å²) in [6.45, 7) is 4.22. The maximum atomic E-state index is 9.17. The van der Waals surface area contributed by atoms with E-state index in [1.54, 1.807) is 25.3 Å². The molecule has 0 radical (unpaired) electrons. The predicted molar refractivity (Wildman–Crippen MR) is 78.3 cm³/mol. The van der Waals surface area contributed by atoms with Gasteiger partial charge in [0.05, 0.1) is 12.7 Å². The molecule has 0 amide bonds.